The van der Waals surface area contributed by atoms with Crippen molar-refractivity contribution >= 4 is 11.6 Å². The number of nitrogens with two attached hydrogens (primary N) is 2. The average molecular weight is 174 g/mol. The summed E-state index contributed by atoms with van der Waals surface area (Å²) in [6.45, 7) is 0. The molecule has 1 aromatic rings. The van der Waals surface area contributed by atoms with Gasteiger partial charge in [0.15, 0.2) is 5.82 Å². The fourth-order valence-electron chi connectivity index (χ4n) is 0.812. The van der Waals surface area contributed by atoms with Gasteiger partial charge in [-0.1, -0.05) is 0 Å². The van der Waals surface area contributed by atoms with Crippen LogP contribution in [0.1, 0.15) is 11.1 Å². The largest absolute Gasteiger partial charge is 0.383 e. The van der Waals surface area contributed by atoms with Crippen LogP contribution in [0.5, 0.6) is 0 Å². The maximum atomic E-state index is 8.62. The van der Waals surface area contributed by atoms with Crippen LogP contribution in [0.3, 0.4) is 0 Å². The monoisotopic (exact) mass is 174 g/mol. The molecule has 0 spiro atoms. The molecule has 1 rings (SSSR count). The van der Waals surface area contributed by atoms with Gasteiger partial charge in [0.25, 0.3) is 0 Å². The Labute approximate surface area is 74.4 Å². The van der Waals surface area contributed by atoms with Crippen LogP contribution < -0.4 is 17.0 Å². The van der Waals surface area contributed by atoms with Gasteiger partial charge >= 0.3 is 0 Å². The van der Waals surface area contributed by atoms with Crippen LogP contribution in [-0.2, 0) is 0 Å². The maximum absolute atomic E-state index is 8.62. The van der Waals surface area contributed by atoms with E-state index in [1.54, 1.807) is 0 Å². The zero-order chi connectivity index (χ0) is 9.84. The normalized spacial score (nSPS) is 8.54. The fourth-order valence-corrected chi connectivity index (χ4v) is 0.812. The van der Waals surface area contributed by atoms with E-state index >= 15 is 0 Å². The van der Waals surface area contributed by atoms with Crippen molar-refractivity contribution in [3.05, 3.63) is 17.2 Å². The van der Waals surface area contributed by atoms with Crippen molar-refractivity contribution in [2.75, 3.05) is 11.2 Å². The maximum Gasteiger partial charge on any atom is 0.160 e. The first-order valence-electron chi connectivity index (χ1n) is 3.30. The molecule has 6 nitrogen and oxygen atoms in total. The lowest BCUT2D eigenvalue weighted by atomic mass is 10.2. The highest BCUT2D eigenvalue weighted by Gasteiger charge is 2.07. The summed E-state index contributed by atoms with van der Waals surface area (Å²) in [6, 6.07) is 4.98. The molecule has 0 fully saturated rings. The molecule has 0 aliphatic rings. The molecule has 0 aliphatic carbocycles. The molecular weight excluding hydrogens is 168 g/mol. The van der Waals surface area contributed by atoms with Gasteiger partial charge in [-0.25, -0.2) is 10.8 Å². The number of rotatable bonds is 1. The van der Waals surface area contributed by atoms with Gasteiger partial charge in [-0.15, -0.1) is 0 Å². The quantitative estimate of drug-likeness (QED) is 0.396. The van der Waals surface area contributed by atoms with Gasteiger partial charge in [-0.05, 0) is 6.07 Å². The van der Waals surface area contributed by atoms with E-state index in [2.05, 4.69) is 10.4 Å². The summed E-state index contributed by atoms with van der Waals surface area (Å²) >= 11 is 0. The average Bonchev–Trinajstić information content (AvgIpc) is 2.17. The summed E-state index contributed by atoms with van der Waals surface area (Å²) in [5, 5.41) is 17.2. The van der Waals surface area contributed by atoms with E-state index in [0.717, 1.165) is 0 Å². The summed E-state index contributed by atoms with van der Waals surface area (Å²) in [5.74, 6) is 5.30. The van der Waals surface area contributed by atoms with E-state index < -0.39 is 0 Å². The molecule has 0 saturated carbocycles. The highest BCUT2D eigenvalue weighted by atomic mass is 15.3. The van der Waals surface area contributed by atoms with Crippen LogP contribution in [-0.4, -0.2) is 4.98 Å². The predicted octanol–water partition coefficient (Wildman–Crippen LogP) is -0.307. The number of aromatic nitrogens is 1. The Morgan fingerprint density at radius 2 is 1.92 bits per heavy atom. The zero-order valence-corrected chi connectivity index (χ0v) is 6.57. The van der Waals surface area contributed by atoms with Gasteiger partial charge in [-0.3, -0.25) is 0 Å². The van der Waals surface area contributed by atoms with Crippen molar-refractivity contribution in [3.8, 4) is 12.1 Å². The van der Waals surface area contributed by atoms with Crippen LogP contribution in [0.25, 0.3) is 0 Å². The Bertz CT molecular complexity index is 410. The van der Waals surface area contributed by atoms with Crippen molar-refractivity contribution in [2.45, 2.75) is 0 Å². The lowest BCUT2D eigenvalue weighted by molar-refractivity contribution is 1.21. The third kappa shape index (κ3) is 1.48. The van der Waals surface area contributed by atoms with Crippen LogP contribution in [0.2, 0.25) is 0 Å². The second kappa shape index (κ2) is 3.39. The summed E-state index contributed by atoms with van der Waals surface area (Å²) in [5.41, 5.74) is 7.96. The molecule has 0 unspecified atom stereocenters. The smallest absolute Gasteiger partial charge is 0.160 e. The Morgan fingerprint density at radius 1 is 1.31 bits per heavy atom. The highest BCUT2D eigenvalue weighted by Crippen LogP contribution is 2.16. The van der Waals surface area contributed by atoms with Gasteiger partial charge in [0.1, 0.15) is 18.0 Å². The molecule has 0 aromatic carbocycles. The molecule has 0 saturated heterocycles. The summed E-state index contributed by atoms with van der Waals surface area (Å²) < 4.78 is 0. The molecule has 64 valence electrons. The molecule has 5 N–H and O–H groups in total. The number of hydrogen-bond acceptors (Lipinski definition) is 6. The standard InChI is InChI=1S/C7H6N6/c8-2-4-1-5(3-9)7(13-11)12-6(4)10/h1H,11H2,(H3,10,12,13). The van der Waals surface area contributed by atoms with Crippen molar-refractivity contribution in [3.63, 3.8) is 0 Å². The number of hydrazine groups is 1. The molecule has 0 aliphatic heterocycles. The predicted molar refractivity (Wildman–Crippen MR) is 45.9 cm³/mol. The van der Waals surface area contributed by atoms with Gasteiger partial charge < -0.3 is 11.2 Å². The highest BCUT2D eigenvalue weighted by molar-refractivity contribution is 5.61. The number of nitrogens with one attached hydrogen (secondary N) is 1. The van der Waals surface area contributed by atoms with Crippen LogP contribution in [0.4, 0.5) is 11.6 Å². The Hall–Kier alpha value is -2.31. The molecule has 0 bridgehead atoms. The summed E-state index contributed by atoms with van der Waals surface area (Å²) in [4.78, 5) is 3.73. The number of pyridine rings is 1. The Balaban J connectivity index is 3.39. The first-order valence-corrected chi connectivity index (χ1v) is 3.30. The Kier molecular flexibility index (Phi) is 2.29. The van der Waals surface area contributed by atoms with Gasteiger partial charge in [0.2, 0.25) is 0 Å². The summed E-state index contributed by atoms with van der Waals surface area (Å²) in [7, 11) is 0. The number of anilines is 2. The minimum Gasteiger partial charge on any atom is -0.383 e. The Morgan fingerprint density at radius 3 is 2.38 bits per heavy atom. The van der Waals surface area contributed by atoms with Crippen LogP contribution >= 0.6 is 0 Å². The second-order valence-corrected chi connectivity index (χ2v) is 2.19. The van der Waals surface area contributed by atoms with E-state index in [0.29, 0.717) is 0 Å². The third-order valence-electron chi connectivity index (χ3n) is 1.43. The van der Waals surface area contributed by atoms with Gasteiger partial charge in [-0.2, -0.15) is 10.5 Å². The first kappa shape index (κ1) is 8.78. The van der Waals surface area contributed by atoms with Gasteiger partial charge in [0.05, 0.1) is 11.1 Å². The minimum absolute atomic E-state index is 0.0504. The molecule has 0 atom stereocenters. The fraction of sp³-hybridized carbons (Fsp3) is 0. The second-order valence-electron chi connectivity index (χ2n) is 2.19. The van der Waals surface area contributed by atoms with Crippen LogP contribution in [0, 0.1) is 22.7 Å². The molecule has 0 radical (unpaired) electrons. The number of nitrogens with zero attached hydrogens (tertiary/aromatic N) is 3. The summed E-state index contributed by atoms with van der Waals surface area (Å²) in [6.07, 6.45) is 0. The lowest BCUT2D eigenvalue weighted by Gasteiger charge is -2.03. The minimum atomic E-state index is 0.0504. The third-order valence-corrected chi connectivity index (χ3v) is 1.43. The van der Waals surface area contributed by atoms with Crippen molar-refractivity contribution in [1.29, 1.82) is 10.5 Å². The molecule has 6 heteroatoms. The van der Waals surface area contributed by atoms with E-state index in [1.807, 2.05) is 12.1 Å². The van der Waals surface area contributed by atoms with E-state index in [4.69, 9.17) is 22.1 Å². The molecular formula is C7H6N6. The molecule has 13 heavy (non-hydrogen) atoms. The van der Waals surface area contributed by atoms with E-state index in [9.17, 15) is 0 Å². The van der Waals surface area contributed by atoms with Gasteiger partial charge in [0, 0.05) is 0 Å². The molecule has 1 heterocycles. The first-order chi connectivity index (χ1) is 6.22. The van der Waals surface area contributed by atoms with Crippen LogP contribution in [0.15, 0.2) is 6.07 Å². The topological polar surface area (TPSA) is 125 Å². The van der Waals surface area contributed by atoms with Crippen molar-refractivity contribution < 1.29 is 0 Å². The van der Waals surface area contributed by atoms with E-state index in [1.165, 1.54) is 6.07 Å². The SMILES string of the molecule is N#Cc1cc(C#N)c(NN)nc1N. The number of nitriles is 2. The number of nitrogen functional groups attached to an aromatic ring is 2. The van der Waals surface area contributed by atoms with Crippen molar-refractivity contribution in [1.82, 2.24) is 4.98 Å². The van der Waals surface area contributed by atoms with Crippen molar-refractivity contribution in [2.24, 2.45) is 5.84 Å². The van der Waals surface area contributed by atoms with E-state index in [-0.39, 0.29) is 22.8 Å². The zero-order valence-electron chi connectivity index (χ0n) is 6.57. The molecule has 1 aromatic heterocycles. The number of hydrogen-bond donors (Lipinski definition) is 3. The molecule has 0 amide bonds. The lowest BCUT2D eigenvalue weighted by Crippen LogP contribution is -2.12.